The van der Waals surface area contributed by atoms with E-state index in [0.717, 1.165) is 33.5 Å². The number of carboxylic acid groups (broad SMARTS) is 1. The van der Waals surface area contributed by atoms with Crippen molar-refractivity contribution < 1.29 is 28.6 Å². The van der Waals surface area contributed by atoms with E-state index >= 15 is 0 Å². The fourth-order valence-corrected chi connectivity index (χ4v) is 4.63. The van der Waals surface area contributed by atoms with Gasteiger partial charge in [0, 0.05) is 18.2 Å². The number of ether oxygens (including phenoxy) is 2. The summed E-state index contributed by atoms with van der Waals surface area (Å²) >= 11 is 0. The second kappa shape index (κ2) is 11.7. The average Bonchev–Trinajstić information content (AvgIpc) is 3.16. The summed E-state index contributed by atoms with van der Waals surface area (Å²) in [5, 5.41) is 12.0. The summed E-state index contributed by atoms with van der Waals surface area (Å²) in [5.74, 6) is -0.438. The van der Waals surface area contributed by atoms with Crippen molar-refractivity contribution in [3.63, 3.8) is 0 Å². The predicted octanol–water partition coefficient (Wildman–Crippen LogP) is 5.29. The zero-order valence-electron chi connectivity index (χ0n) is 21.5. The van der Waals surface area contributed by atoms with Gasteiger partial charge in [-0.2, -0.15) is 0 Å². The SMILES string of the molecule is COc1cc(/C=C2/C(C)=C(CC(=O)NCc3ccccn3)c3cc(F)ccc32)cc(OC)c1CCC(=O)O. The normalized spacial score (nSPS) is 13.4. The monoisotopic (exact) mass is 516 g/mol. The van der Waals surface area contributed by atoms with Gasteiger partial charge in [-0.15, -0.1) is 0 Å². The Morgan fingerprint density at radius 3 is 2.42 bits per heavy atom. The molecule has 0 saturated carbocycles. The molecule has 2 N–H and O–H groups in total. The number of pyridine rings is 1. The summed E-state index contributed by atoms with van der Waals surface area (Å²) < 4.78 is 25.4. The van der Waals surface area contributed by atoms with Gasteiger partial charge in [-0.25, -0.2) is 4.39 Å². The van der Waals surface area contributed by atoms with Crippen molar-refractivity contribution in [2.75, 3.05) is 14.2 Å². The standard InChI is InChI=1S/C30H29FN2O5/c1-18-24(12-19-13-27(37-2)23(9-10-30(35)36)28(14-19)38-3)22-8-7-20(31)15-26(22)25(18)16-29(34)33-17-21-6-4-5-11-32-21/h4-8,11-15H,9-10,16-17H2,1-3H3,(H,33,34)(H,35,36)/b24-12-. The molecule has 1 aromatic heterocycles. The Labute approximate surface area is 220 Å². The number of amides is 1. The van der Waals surface area contributed by atoms with Crippen LogP contribution in [0.5, 0.6) is 11.5 Å². The third-order valence-electron chi connectivity index (χ3n) is 6.51. The number of carbonyl (C=O) groups is 2. The highest BCUT2D eigenvalue weighted by Crippen LogP contribution is 2.44. The molecule has 1 aliphatic carbocycles. The largest absolute Gasteiger partial charge is 0.496 e. The topological polar surface area (TPSA) is 97.8 Å². The number of halogens is 1. The molecule has 0 fully saturated rings. The zero-order valence-corrected chi connectivity index (χ0v) is 21.5. The first-order valence-electron chi connectivity index (χ1n) is 12.2. The van der Waals surface area contributed by atoms with Crippen LogP contribution < -0.4 is 14.8 Å². The van der Waals surface area contributed by atoms with Gasteiger partial charge >= 0.3 is 5.97 Å². The van der Waals surface area contributed by atoms with Crippen LogP contribution in [-0.2, 0) is 22.6 Å². The fourth-order valence-electron chi connectivity index (χ4n) is 4.63. The Bertz CT molecular complexity index is 1400. The molecule has 1 amide bonds. The molecule has 4 rings (SSSR count). The Morgan fingerprint density at radius 1 is 1.05 bits per heavy atom. The first kappa shape index (κ1) is 26.6. The van der Waals surface area contributed by atoms with Crippen molar-refractivity contribution >= 4 is 29.1 Å². The molecule has 2 aromatic carbocycles. The number of rotatable bonds is 10. The van der Waals surface area contributed by atoms with Crippen molar-refractivity contribution in [2.45, 2.75) is 32.7 Å². The summed E-state index contributed by atoms with van der Waals surface area (Å²) in [6.07, 6.45) is 3.91. The first-order chi connectivity index (χ1) is 18.3. The van der Waals surface area contributed by atoms with Gasteiger partial charge in [0.25, 0.3) is 0 Å². The number of aromatic nitrogens is 1. The molecule has 0 aliphatic heterocycles. The van der Waals surface area contributed by atoms with E-state index in [1.165, 1.54) is 26.4 Å². The number of hydrogen-bond donors (Lipinski definition) is 2. The molecule has 8 heteroatoms. The maximum atomic E-state index is 14.3. The molecule has 0 bridgehead atoms. The molecule has 3 aromatic rings. The van der Waals surface area contributed by atoms with E-state index in [4.69, 9.17) is 14.6 Å². The second-order valence-electron chi connectivity index (χ2n) is 8.92. The molecular formula is C30H29FN2O5. The maximum absolute atomic E-state index is 14.3. The number of benzene rings is 2. The summed E-state index contributed by atoms with van der Waals surface area (Å²) in [6.45, 7) is 2.22. The van der Waals surface area contributed by atoms with Crippen LogP contribution in [0.3, 0.4) is 0 Å². The van der Waals surface area contributed by atoms with Crippen molar-refractivity contribution in [2.24, 2.45) is 0 Å². The van der Waals surface area contributed by atoms with Crippen LogP contribution in [0.15, 0.2) is 60.3 Å². The summed E-state index contributed by atoms with van der Waals surface area (Å²) in [7, 11) is 3.05. The van der Waals surface area contributed by atoms with Crippen molar-refractivity contribution in [1.82, 2.24) is 10.3 Å². The molecule has 0 radical (unpaired) electrons. The van der Waals surface area contributed by atoms with Crippen LogP contribution in [0.1, 0.15) is 47.7 Å². The van der Waals surface area contributed by atoms with Crippen molar-refractivity contribution in [3.8, 4) is 11.5 Å². The summed E-state index contributed by atoms with van der Waals surface area (Å²) in [6, 6.07) is 13.7. The molecule has 38 heavy (non-hydrogen) atoms. The third kappa shape index (κ3) is 5.91. The molecule has 0 spiro atoms. The highest BCUT2D eigenvalue weighted by molar-refractivity contribution is 6.08. The highest BCUT2D eigenvalue weighted by atomic mass is 19.1. The molecule has 0 saturated heterocycles. The Balaban J connectivity index is 1.68. The van der Waals surface area contributed by atoms with E-state index in [2.05, 4.69) is 10.3 Å². The quantitative estimate of drug-likeness (QED) is 0.380. The lowest BCUT2D eigenvalue weighted by atomic mass is 9.98. The molecule has 7 nitrogen and oxygen atoms in total. The minimum absolute atomic E-state index is 0.0559. The van der Waals surface area contributed by atoms with Gasteiger partial charge in [0.15, 0.2) is 0 Å². The number of methoxy groups -OCH3 is 2. The van der Waals surface area contributed by atoms with Crippen molar-refractivity contribution in [3.05, 3.63) is 94.1 Å². The van der Waals surface area contributed by atoms with Gasteiger partial charge in [0.1, 0.15) is 17.3 Å². The van der Waals surface area contributed by atoms with Gasteiger partial charge in [0.2, 0.25) is 5.91 Å². The van der Waals surface area contributed by atoms with Crippen molar-refractivity contribution in [1.29, 1.82) is 0 Å². The van der Waals surface area contributed by atoms with E-state index in [-0.39, 0.29) is 31.0 Å². The van der Waals surface area contributed by atoms with Crippen LogP contribution in [0.4, 0.5) is 4.39 Å². The third-order valence-corrected chi connectivity index (χ3v) is 6.51. The smallest absolute Gasteiger partial charge is 0.303 e. The minimum Gasteiger partial charge on any atom is -0.496 e. The Morgan fingerprint density at radius 2 is 1.79 bits per heavy atom. The molecule has 0 unspecified atom stereocenters. The highest BCUT2D eigenvalue weighted by Gasteiger charge is 2.26. The lowest BCUT2D eigenvalue weighted by Crippen LogP contribution is -2.23. The summed E-state index contributed by atoms with van der Waals surface area (Å²) in [5.41, 5.74) is 6.17. The minimum atomic E-state index is -0.910. The Hall–Kier alpha value is -4.46. The number of carbonyl (C=O) groups excluding carboxylic acids is 1. The molecule has 0 atom stereocenters. The number of hydrogen-bond acceptors (Lipinski definition) is 5. The van der Waals surface area contributed by atoms with Crippen LogP contribution >= 0.6 is 0 Å². The number of allylic oxidation sites excluding steroid dienone is 2. The van der Waals surface area contributed by atoms with Gasteiger partial charge < -0.3 is 19.9 Å². The molecule has 1 aliphatic rings. The second-order valence-corrected chi connectivity index (χ2v) is 8.92. The van der Waals surface area contributed by atoms with E-state index in [1.807, 2.05) is 43.3 Å². The van der Waals surface area contributed by atoms with E-state index < -0.39 is 5.97 Å². The lowest BCUT2D eigenvalue weighted by Gasteiger charge is -2.14. The fraction of sp³-hybridized carbons (Fsp3) is 0.233. The average molecular weight is 517 g/mol. The molecular weight excluding hydrogens is 487 g/mol. The molecule has 1 heterocycles. The zero-order chi connectivity index (χ0) is 27.2. The number of nitrogens with one attached hydrogen (secondary N) is 1. The predicted molar refractivity (Wildman–Crippen MR) is 143 cm³/mol. The van der Waals surface area contributed by atoms with Gasteiger partial charge in [-0.1, -0.05) is 12.1 Å². The van der Waals surface area contributed by atoms with E-state index in [0.29, 0.717) is 29.2 Å². The van der Waals surface area contributed by atoms with Crippen LogP contribution in [0, 0.1) is 5.82 Å². The van der Waals surface area contributed by atoms with E-state index in [9.17, 15) is 14.0 Å². The number of aliphatic carboxylic acids is 1. The van der Waals surface area contributed by atoms with Gasteiger partial charge in [-0.3, -0.25) is 14.6 Å². The number of fused-ring (bicyclic) bond motifs is 1. The molecule has 196 valence electrons. The number of nitrogens with zero attached hydrogens (tertiary/aromatic N) is 1. The van der Waals surface area contributed by atoms with E-state index in [1.54, 1.807) is 12.3 Å². The number of carboxylic acids is 1. The lowest BCUT2D eigenvalue weighted by molar-refractivity contribution is -0.137. The van der Waals surface area contributed by atoms with Crippen LogP contribution in [0.2, 0.25) is 0 Å². The maximum Gasteiger partial charge on any atom is 0.303 e. The van der Waals surface area contributed by atoms with Gasteiger partial charge in [0.05, 0.1) is 32.9 Å². The van der Waals surface area contributed by atoms with Gasteiger partial charge in [-0.05, 0) is 89.2 Å². The summed E-state index contributed by atoms with van der Waals surface area (Å²) in [4.78, 5) is 28.2. The first-order valence-corrected chi connectivity index (χ1v) is 12.2. The van der Waals surface area contributed by atoms with Crippen LogP contribution in [0.25, 0.3) is 17.2 Å². The van der Waals surface area contributed by atoms with Crippen LogP contribution in [-0.4, -0.2) is 36.2 Å². The Kier molecular flexibility index (Phi) is 8.21.